The van der Waals surface area contributed by atoms with Crippen molar-refractivity contribution < 1.29 is 17.6 Å². The number of alkyl halides is 3. The van der Waals surface area contributed by atoms with E-state index in [0.717, 1.165) is 4.90 Å². The van der Waals surface area contributed by atoms with Crippen LogP contribution in [0.25, 0.3) is 0 Å². The third kappa shape index (κ3) is 3.88. The Bertz CT molecular complexity index is 361. The molecule has 0 aliphatic carbocycles. The van der Waals surface area contributed by atoms with Crippen molar-refractivity contribution in [2.24, 2.45) is 5.73 Å². The lowest BCUT2D eigenvalue weighted by Crippen LogP contribution is -2.39. The third-order valence-electron chi connectivity index (χ3n) is 2.04. The van der Waals surface area contributed by atoms with Gasteiger partial charge in [0.05, 0.1) is 6.04 Å². The third-order valence-corrected chi connectivity index (χ3v) is 2.04. The summed E-state index contributed by atoms with van der Waals surface area (Å²) in [6, 6.07) is -1.07. The van der Waals surface area contributed by atoms with Crippen molar-refractivity contribution in [2.45, 2.75) is 39.0 Å². The minimum atomic E-state index is -4.33. The zero-order valence-electron chi connectivity index (χ0n) is 9.82. The Labute approximate surface area is 96.8 Å². The molecule has 0 aliphatic heterocycles. The zero-order valence-corrected chi connectivity index (χ0v) is 9.82. The van der Waals surface area contributed by atoms with Crippen LogP contribution in [0.4, 0.5) is 19.2 Å². The number of nitrogens with two attached hydrogens (primary N) is 1. The van der Waals surface area contributed by atoms with E-state index < -0.39 is 24.8 Å². The van der Waals surface area contributed by atoms with Crippen molar-refractivity contribution in [2.75, 3.05) is 11.4 Å². The second-order valence-electron chi connectivity index (χ2n) is 4.05. The highest BCUT2D eigenvalue weighted by Crippen LogP contribution is 2.24. The van der Waals surface area contributed by atoms with Crippen LogP contribution in [0, 0.1) is 0 Å². The van der Waals surface area contributed by atoms with Crippen LogP contribution in [0.1, 0.15) is 32.7 Å². The minimum absolute atomic E-state index is 0.118. The Hall–Kier alpha value is -1.31. The molecule has 1 heterocycles. The number of aromatic nitrogens is 2. The summed E-state index contributed by atoms with van der Waals surface area (Å²) < 4.78 is 42.2. The first-order chi connectivity index (χ1) is 7.70. The summed E-state index contributed by atoms with van der Waals surface area (Å²) in [6.45, 7) is 3.70. The van der Waals surface area contributed by atoms with Crippen molar-refractivity contribution in [1.29, 1.82) is 0 Å². The molecule has 1 aromatic heterocycles. The number of rotatable bonds is 4. The van der Waals surface area contributed by atoms with E-state index in [1.165, 1.54) is 0 Å². The first kappa shape index (κ1) is 13.8. The Morgan fingerprint density at radius 1 is 1.29 bits per heavy atom. The molecule has 0 amide bonds. The average Bonchev–Trinajstić information content (AvgIpc) is 2.60. The molecule has 1 unspecified atom stereocenters. The van der Waals surface area contributed by atoms with Gasteiger partial charge in [-0.1, -0.05) is 5.10 Å². The fourth-order valence-corrected chi connectivity index (χ4v) is 1.19. The van der Waals surface area contributed by atoms with Crippen LogP contribution in [0.3, 0.4) is 0 Å². The van der Waals surface area contributed by atoms with Crippen LogP contribution < -0.4 is 10.6 Å². The van der Waals surface area contributed by atoms with Gasteiger partial charge in [-0.3, -0.25) is 0 Å². The molecule has 0 spiro atoms. The number of hydrogen-bond acceptors (Lipinski definition) is 5. The Morgan fingerprint density at radius 2 is 1.88 bits per heavy atom. The fourth-order valence-electron chi connectivity index (χ4n) is 1.19. The van der Waals surface area contributed by atoms with Gasteiger partial charge in [-0.2, -0.15) is 13.2 Å². The van der Waals surface area contributed by atoms with Gasteiger partial charge in [-0.25, -0.2) is 0 Å². The molecular weight excluding hydrogens is 237 g/mol. The predicted molar refractivity (Wildman–Crippen MR) is 55.4 cm³/mol. The van der Waals surface area contributed by atoms with Crippen molar-refractivity contribution in [3.8, 4) is 0 Å². The maximum absolute atomic E-state index is 12.4. The van der Waals surface area contributed by atoms with Crippen LogP contribution in [0.5, 0.6) is 0 Å². The monoisotopic (exact) mass is 252 g/mol. The van der Waals surface area contributed by atoms with Gasteiger partial charge in [0.25, 0.3) is 0 Å². The molecule has 8 heteroatoms. The molecule has 0 aliphatic rings. The quantitative estimate of drug-likeness (QED) is 0.885. The smallest absolute Gasteiger partial charge is 0.406 e. The summed E-state index contributed by atoms with van der Waals surface area (Å²) in [5.74, 6) is 0.118. The normalized spacial score (nSPS) is 14.1. The first-order valence-corrected chi connectivity index (χ1v) is 5.13. The second kappa shape index (κ2) is 4.91. The highest BCUT2D eigenvalue weighted by Gasteiger charge is 2.34. The van der Waals surface area contributed by atoms with Crippen LogP contribution in [0.2, 0.25) is 0 Å². The minimum Gasteiger partial charge on any atom is -0.406 e. The van der Waals surface area contributed by atoms with E-state index >= 15 is 0 Å². The lowest BCUT2D eigenvalue weighted by Gasteiger charge is -2.25. The van der Waals surface area contributed by atoms with Gasteiger partial charge in [0.1, 0.15) is 6.54 Å². The number of nitrogens with zero attached hydrogens (tertiary/aromatic N) is 3. The number of hydrogen-bond donors (Lipinski definition) is 1. The van der Waals surface area contributed by atoms with E-state index in [0.29, 0.717) is 0 Å². The van der Waals surface area contributed by atoms with E-state index in [2.05, 4.69) is 10.2 Å². The maximum Gasteiger partial charge on any atom is 0.406 e. The van der Waals surface area contributed by atoms with E-state index in [4.69, 9.17) is 10.2 Å². The molecule has 5 nitrogen and oxygen atoms in total. The van der Waals surface area contributed by atoms with Gasteiger partial charge in [-0.05, 0) is 20.8 Å². The highest BCUT2D eigenvalue weighted by molar-refractivity contribution is 5.26. The van der Waals surface area contributed by atoms with Gasteiger partial charge in [0.15, 0.2) is 0 Å². The molecular formula is C9H15F3N4O. The van der Waals surface area contributed by atoms with E-state index in [1.807, 2.05) is 0 Å². The van der Waals surface area contributed by atoms with Crippen LogP contribution in [-0.4, -0.2) is 29.0 Å². The summed E-state index contributed by atoms with van der Waals surface area (Å²) >= 11 is 0. The zero-order chi connectivity index (χ0) is 13.2. The van der Waals surface area contributed by atoms with Gasteiger partial charge in [0, 0.05) is 6.04 Å². The number of halogens is 3. The largest absolute Gasteiger partial charge is 0.406 e. The molecule has 1 rings (SSSR count). The standard InChI is InChI=1S/C9H15F3N4O/c1-5(2)16(4-9(10,11)12)8-15-14-7(17-8)6(3)13/h5-6H,4,13H2,1-3H3. The number of anilines is 1. The highest BCUT2D eigenvalue weighted by atomic mass is 19.4. The summed E-state index contributed by atoms with van der Waals surface area (Å²) in [5, 5.41) is 7.17. The lowest BCUT2D eigenvalue weighted by molar-refractivity contribution is -0.121. The topological polar surface area (TPSA) is 68.2 Å². The molecule has 2 N–H and O–H groups in total. The van der Waals surface area contributed by atoms with Crippen molar-refractivity contribution >= 4 is 6.01 Å². The summed E-state index contributed by atoms with van der Waals surface area (Å²) in [4.78, 5) is 0.985. The van der Waals surface area contributed by atoms with Gasteiger partial charge in [-0.15, -0.1) is 5.10 Å². The van der Waals surface area contributed by atoms with Crippen LogP contribution in [-0.2, 0) is 0 Å². The predicted octanol–water partition coefficient (Wildman–Crippen LogP) is 1.87. The molecule has 0 radical (unpaired) electrons. The van der Waals surface area contributed by atoms with Gasteiger partial charge >= 0.3 is 12.2 Å². The van der Waals surface area contributed by atoms with E-state index in [-0.39, 0.29) is 11.9 Å². The molecule has 0 bridgehead atoms. The molecule has 0 saturated heterocycles. The van der Waals surface area contributed by atoms with E-state index in [9.17, 15) is 13.2 Å². The van der Waals surface area contributed by atoms with Crippen LogP contribution in [0.15, 0.2) is 4.42 Å². The van der Waals surface area contributed by atoms with Crippen LogP contribution >= 0.6 is 0 Å². The molecule has 1 aromatic rings. The molecule has 98 valence electrons. The lowest BCUT2D eigenvalue weighted by atomic mass is 10.3. The average molecular weight is 252 g/mol. The SMILES string of the molecule is CC(N)c1nnc(N(CC(F)(F)F)C(C)C)o1. The Kier molecular flexibility index (Phi) is 3.97. The first-order valence-electron chi connectivity index (χ1n) is 5.13. The summed E-state index contributed by atoms with van der Waals surface area (Å²) in [7, 11) is 0. The molecule has 17 heavy (non-hydrogen) atoms. The van der Waals surface area contributed by atoms with Crippen molar-refractivity contribution in [1.82, 2.24) is 10.2 Å². The van der Waals surface area contributed by atoms with Gasteiger partial charge in [0.2, 0.25) is 5.89 Å². The Balaban J connectivity index is 2.90. The second-order valence-corrected chi connectivity index (χ2v) is 4.05. The van der Waals surface area contributed by atoms with Crippen molar-refractivity contribution in [3.05, 3.63) is 5.89 Å². The molecule has 0 saturated carbocycles. The summed E-state index contributed by atoms with van der Waals surface area (Å²) in [6.07, 6.45) is -4.33. The fraction of sp³-hybridized carbons (Fsp3) is 0.778. The molecule has 0 aromatic carbocycles. The van der Waals surface area contributed by atoms with E-state index in [1.54, 1.807) is 20.8 Å². The van der Waals surface area contributed by atoms with Crippen molar-refractivity contribution in [3.63, 3.8) is 0 Å². The Morgan fingerprint density at radius 3 is 2.24 bits per heavy atom. The van der Waals surface area contributed by atoms with Gasteiger partial charge < -0.3 is 15.1 Å². The molecule has 1 atom stereocenters. The molecule has 0 fully saturated rings. The summed E-state index contributed by atoms with van der Waals surface area (Å²) in [5.41, 5.74) is 5.49. The maximum atomic E-state index is 12.4.